The van der Waals surface area contributed by atoms with Crippen LogP contribution >= 0.6 is 0 Å². The summed E-state index contributed by atoms with van der Waals surface area (Å²) in [6, 6.07) is 0. The lowest BCUT2D eigenvalue weighted by molar-refractivity contribution is -0.140. The molecular weight excluding hydrogens is 292 g/mol. The van der Waals surface area contributed by atoms with Gasteiger partial charge < -0.3 is 14.8 Å². The van der Waals surface area contributed by atoms with Gasteiger partial charge in [-0.3, -0.25) is 9.59 Å². The number of aromatic amines is 1. The van der Waals surface area contributed by atoms with Crippen LogP contribution in [-0.2, 0) is 9.59 Å². The minimum Gasteiger partial charge on any atom is -0.346 e. The Balaban J connectivity index is 1.59. The molecular formula is C17H26N4O2. The van der Waals surface area contributed by atoms with Crippen LogP contribution in [0.1, 0.15) is 56.0 Å². The van der Waals surface area contributed by atoms with E-state index in [0.29, 0.717) is 13.0 Å². The Morgan fingerprint density at radius 3 is 2.96 bits per heavy atom. The summed E-state index contributed by atoms with van der Waals surface area (Å²) in [6.07, 6.45) is 7.51. The molecule has 2 amide bonds. The fourth-order valence-electron chi connectivity index (χ4n) is 3.54. The maximum atomic E-state index is 12.6. The van der Waals surface area contributed by atoms with Crippen molar-refractivity contribution in [2.45, 2.75) is 51.4 Å². The topological polar surface area (TPSA) is 69.3 Å². The van der Waals surface area contributed by atoms with E-state index < -0.39 is 0 Å². The number of H-pyrrole nitrogens is 1. The highest BCUT2D eigenvalue weighted by Crippen LogP contribution is 2.25. The smallest absolute Gasteiger partial charge is 0.242 e. The minimum atomic E-state index is 0.0771. The summed E-state index contributed by atoms with van der Waals surface area (Å²) in [4.78, 5) is 36.0. The van der Waals surface area contributed by atoms with E-state index in [9.17, 15) is 9.59 Å². The van der Waals surface area contributed by atoms with Crippen LogP contribution in [-0.4, -0.2) is 57.8 Å². The molecule has 2 saturated heterocycles. The molecule has 23 heavy (non-hydrogen) atoms. The second-order valence-electron chi connectivity index (χ2n) is 6.76. The molecule has 0 spiro atoms. The predicted octanol–water partition coefficient (Wildman–Crippen LogP) is 1.83. The number of piperidine rings is 1. The average molecular weight is 318 g/mol. The number of nitrogens with zero attached hydrogens (tertiary/aromatic N) is 3. The van der Waals surface area contributed by atoms with Crippen LogP contribution in [0.5, 0.6) is 0 Å². The molecule has 6 heteroatoms. The van der Waals surface area contributed by atoms with Gasteiger partial charge in [-0.15, -0.1) is 0 Å². The molecule has 2 aliphatic rings. The monoisotopic (exact) mass is 318 g/mol. The number of aryl methyl sites for hydroxylation is 1. The van der Waals surface area contributed by atoms with Gasteiger partial charge in [-0.25, -0.2) is 4.98 Å². The van der Waals surface area contributed by atoms with Crippen LogP contribution < -0.4 is 0 Å². The molecule has 2 aliphatic heterocycles. The molecule has 1 unspecified atom stereocenters. The Kier molecular flexibility index (Phi) is 4.98. The molecule has 0 saturated carbocycles. The van der Waals surface area contributed by atoms with Crippen molar-refractivity contribution >= 4 is 11.8 Å². The molecule has 0 aromatic carbocycles. The van der Waals surface area contributed by atoms with Gasteiger partial charge in [0, 0.05) is 43.9 Å². The third-order valence-electron chi connectivity index (χ3n) is 4.88. The summed E-state index contributed by atoms with van der Waals surface area (Å²) in [5, 5.41) is 0. The highest BCUT2D eigenvalue weighted by Gasteiger charge is 2.28. The number of hydrogen-bond donors (Lipinski definition) is 1. The first-order valence-electron chi connectivity index (χ1n) is 8.70. The van der Waals surface area contributed by atoms with E-state index in [1.165, 1.54) is 0 Å². The number of hydrogen-bond acceptors (Lipinski definition) is 3. The van der Waals surface area contributed by atoms with E-state index in [0.717, 1.165) is 56.7 Å². The van der Waals surface area contributed by atoms with Crippen molar-refractivity contribution < 1.29 is 9.59 Å². The van der Waals surface area contributed by atoms with Crippen molar-refractivity contribution in [1.29, 1.82) is 0 Å². The quantitative estimate of drug-likeness (QED) is 0.924. The largest absolute Gasteiger partial charge is 0.346 e. The van der Waals surface area contributed by atoms with Crippen molar-refractivity contribution in [2.75, 3.05) is 26.2 Å². The summed E-state index contributed by atoms with van der Waals surface area (Å²) < 4.78 is 0. The van der Waals surface area contributed by atoms with Crippen molar-refractivity contribution in [2.24, 2.45) is 0 Å². The van der Waals surface area contributed by atoms with Gasteiger partial charge in [-0.2, -0.15) is 0 Å². The highest BCUT2D eigenvalue weighted by molar-refractivity contribution is 5.85. The molecule has 3 heterocycles. The van der Waals surface area contributed by atoms with Gasteiger partial charge in [-0.05, 0) is 32.6 Å². The summed E-state index contributed by atoms with van der Waals surface area (Å²) in [5.74, 6) is 1.46. The van der Waals surface area contributed by atoms with Crippen LogP contribution in [0.15, 0.2) is 6.20 Å². The molecule has 1 aromatic rings. The number of aromatic nitrogens is 2. The zero-order chi connectivity index (χ0) is 16.2. The lowest BCUT2D eigenvalue weighted by atomic mass is 9.97. The number of amides is 2. The molecule has 1 N–H and O–H groups in total. The molecule has 126 valence electrons. The molecule has 1 atom stereocenters. The number of carbonyl (C=O) groups excluding carboxylic acids is 2. The first kappa shape index (κ1) is 16.0. The summed E-state index contributed by atoms with van der Waals surface area (Å²) in [7, 11) is 0. The summed E-state index contributed by atoms with van der Waals surface area (Å²) in [5.41, 5.74) is 1.05. The van der Waals surface area contributed by atoms with Gasteiger partial charge in [0.05, 0.1) is 6.54 Å². The average Bonchev–Trinajstić information content (AvgIpc) is 2.89. The van der Waals surface area contributed by atoms with E-state index in [4.69, 9.17) is 0 Å². The molecule has 2 fully saturated rings. The van der Waals surface area contributed by atoms with Crippen molar-refractivity contribution in [3.8, 4) is 0 Å². The van der Waals surface area contributed by atoms with Gasteiger partial charge in [0.15, 0.2) is 0 Å². The fraction of sp³-hybridized carbons (Fsp3) is 0.706. The van der Waals surface area contributed by atoms with E-state index in [1.807, 2.05) is 18.0 Å². The summed E-state index contributed by atoms with van der Waals surface area (Å²) >= 11 is 0. The number of likely N-dealkylation sites (tertiary alicyclic amines) is 2. The zero-order valence-corrected chi connectivity index (χ0v) is 13.9. The van der Waals surface area contributed by atoms with E-state index >= 15 is 0 Å². The van der Waals surface area contributed by atoms with Crippen molar-refractivity contribution in [3.05, 3.63) is 17.7 Å². The number of imidazole rings is 1. The second-order valence-corrected chi connectivity index (χ2v) is 6.76. The zero-order valence-electron chi connectivity index (χ0n) is 13.9. The SMILES string of the molecule is Cc1cnc(C2CCCN(C(=O)CN3CCCCCC3=O)C2)[nH]1. The summed E-state index contributed by atoms with van der Waals surface area (Å²) in [6.45, 7) is 4.44. The normalized spacial score (nSPS) is 23.0. The molecule has 0 aliphatic carbocycles. The first-order chi connectivity index (χ1) is 11.1. The van der Waals surface area contributed by atoms with Gasteiger partial charge in [-0.1, -0.05) is 6.42 Å². The van der Waals surface area contributed by atoms with E-state index in [2.05, 4.69) is 9.97 Å². The number of rotatable bonds is 3. The van der Waals surface area contributed by atoms with Crippen molar-refractivity contribution in [3.63, 3.8) is 0 Å². The van der Waals surface area contributed by atoms with Gasteiger partial charge in [0.1, 0.15) is 5.82 Å². The number of carbonyl (C=O) groups is 2. The van der Waals surface area contributed by atoms with Crippen molar-refractivity contribution in [1.82, 2.24) is 19.8 Å². The molecule has 1 aromatic heterocycles. The van der Waals surface area contributed by atoms with Crippen LogP contribution in [0.4, 0.5) is 0 Å². The maximum Gasteiger partial charge on any atom is 0.242 e. The van der Waals surface area contributed by atoms with Crippen LogP contribution in [0.2, 0.25) is 0 Å². The number of nitrogens with one attached hydrogen (secondary N) is 1. The standard InChI is InChI=1S/C17H26N4O2/c1-13-10-18-17(19-13)14-6-5-9-20(11-14)16(23)12-21-8-4-2-3-7-15(21)22/h10,14H,2-9,11-12H2,1H3,(H,18,19). The Morgan fingerprint density at radius 1 is 1.30 bits per heavy atom. The van der Waals surface area contributed by atoms with Crippen LogP contribution in [0.25, 0.3) is 0 Å². The fourth-order valence-corrected chi connectivity index (χ4v) is 3.54. The van der Waals surface area contributed by atoms with E-state index in [-0.39, 0.29) is 24.3 Å². The lowest BCUT2D eigenvalue weighted by Gasteiger charge is -2.33. The third kappa shape index (κ3) is 3.92. The Hall–Kier alpha value is -1.85. The first-order valence-corrected chi connectivity index (χ1v) is 8.70. The Bertz CT molecular complexity index is 569. The Labute approximate surface area is 137 Å². The van der Waals surface area contributed by atoms with Gasteiger partial charge in [0.2, 0.25) is 11.8 Å². The highest BCUT2D eigenvalue weighted by atomic mass is 16.2. The molecule has 0 bridgehead atoms. The molecule has 3 rings (SSSR count). The van der Waals surface area contributed by atoms with Gasteiger partial charge in [0.25, 0.3) is 0 Å². The van der Waals surface area contributed by atoms with Crippen LogP contribution in [0, 0.1) is 6.92 Å². The van der Waals surface area contributed by atoms with Crippen LogP contribution in [0.3, 0.4) is 0 Å². The molecule has 0 radical (unpaired) electrons. The van der Waals surface area contributed by atoms with E-state index in [1.54, 1.807) is 4.90 Å². The molecule has 6 nitrogen and oxygen atoms in total. The minimum absolute atomic E-state index is 0.0771. The lowest BCUT2D eigenvalue weighted by Crippen LogP contribution is -2.46. The maximum absolute atomic E-state index is 12.6. The Morgan fingerprint density at radius 2 is 2.17 bits per heavy atom. The van der Waals surface area contributed by atoms with Gasteiger partial charge >= 0.3 is 0 Å². The third-order valence-corrected chi connectivity index (χ3v) is 4.88. The second kappa shape index (κ2) is 7.15. The predicted molar refractivity (Wildman–Crippen MR) is 86.9 cm³/mol.